The standard InChI is InChI=1S/C47H37N5/c1-28-7-13-31(14-8-28)44-36-19-21-38(49-36)45(32-15-9-29(2)10-16-32)40-23-25-42(51-40)47(34-5-4-6-35(48)27-34)43-26-24-41(52-43)46(39-22-20-37(44)50-39)33-17-11-30(3)12-18-33/h4-27,49,52H,48H2,1-3H3. The molecular formula is C47H37N5. The largest absolute Gasteiger partial charge is 0.399 e. The van der Waals surface area contributed by atoms with Gasteiger partial charge in [-0.25, -0.2) is 9.97 Å². The van der Waals surface area contributed by atoms with Gasteiger partial charge in [0, 0.05) is 50.0 Å². The van der Waals surface area contributed by atoms with Crippen LogP contribution in [0.4, 0.5) is 5.69 Å². The molecule has 3 aromatic heterocycles. The number of anilines is 1. The van der Waals surface area contributed by atoms with Gasteiger partial charge < -0.3 is 15.7 Å². The lowest BCUT2D eigenvalue weighted by atomic mass is 10.0. The van der Waals surface area contributed by atoms with Gasteiger partial charge in [0.1, 0.15) is 0 Å². The van der Waals surface area contributed by atoms with Gasteiger partial charge in [-0.05, 0) is 104 Å². The second-order valence-electron chi connectivity index (χ2n) is 13.7. The third-order valence-electron chi connectivity index (χ3n) is 9.95. The van der Waals surface area contributed by atoms with E-state index in [1.54, 1.807) is 0 Å². The van der Waals surface area contributed by atoms with Gasteiger partial charge in [-0.3, -0.25) is 0 Å². The van der Waals surface area contributed by atoms with Gasteiger partial charge in [0.05, 0.1) is 22.8 Å². The molecule has 5 heterocycles. The van der Waals surface area contributed by atoms with Crippen molar-refractivity contribution in [3.8, 4) is 44.5 Å². The maximum Gasteiger partial charge on any atom is 0.0737 e. The number of nitrogens with one attached hydrogen (secondary N) is 2. The number of hydrogen-bond acceptors (Lipinski definition) is 3. The van der Waals surface area contributed by atoms with Crippen molar-refractivity contribution < 1.29 is 0 Å². The minimum absolute atomic E-state index is 0.697. The summed E-state index contributed by atoms with van der Waals surface area (Å²) in [6, 6.07) is 42.7. The smallest absolute Gasteiger partial charge is 0.0737 e. The molecule has 250 valence electrons. The molecule has 8 bridgehead atoms. The molecule has 4 aromatic carbocycles. The minimum atomic E-state index is 0.697. The lowest BCUT2D eigenvalue weighted by molar-refractivity contribution is 1.31. The quantitative estimate of drug-likeness (QED) is 0.163. The molecule has 4 N–H and O–H groups in total. The van der Waals surface area contributed by atoms with Gasteiger partial charge in [0.25, 0.3) is 0 Å². The number of hydrogen-bond donors (Lipinski definition) is 3. The summed E-state index contributed by atoms with van der Waals surface area (Å²) in [7, 11) is 0. The summed E-state index contributed by atoms with van der Waals surface area (Å²) in [6.45, 7) is 6.34. The molecule has 2 aliphatic rings. The van der Waals surface area contributed by atoms with Crippen LogP contribution in [0.3, 0.4) is 0 Å². The highest BCUT2D eigenvalue weighted by Crippen LogP contribution is 2.38. The van der Waals surface area contributed by atoms with Crippen LogP contribution in [-0.4, -0.2) is 19.9 Å². The summed E-state index contributed by atoms with van der Waals surface area (Å²) in [5.41, 5.74) is 26.4. The number of aromatic amines is 2. The third-order valence-corrected chi connectivity index (χ3v) is 9.95. The zero-order valence-corrected chi connectivity index (χ0v) is 29.3. The number of benzene rings is 4. The zero-order valence-electron chi connectivity index (χ0n) is 29.3. The molecule has 52 heavy (non-hydrogen) atoms. The fraction of sp³-hybridized carbons (Fsp3) is 0.0638. The van der Waals surface area contributed by atoms with E-state index in [1.165, 1.54) is 16.7 Å². The van der Waals surface area contributed by atoms with Gasteiger partial charge in [-0.2, -0.15) is 0 Å². The van der Waals surface area contributed by atoms with E-state index in [1.807, 2.05) is 18.2 Å². The van der Waals surface area contributed by atoms with Crippen LogP contribution < -0.4 is 5.73 Å². The predicted octanol–water partition coefficient (Wildman–Crippen LogP) is 11.8. The first-order valence-electron chi connectivity index (χ1n) is 17.6. The van der Waals surface area contributed by atoms with Gasteiger partial charge in [0.2, 0.25) is 0 Å². The van der Waals surface area contributed by atoms with Crippen LogP contribution >= 0.6 is 0 Å². The lowest BCUT2D eigenvalue weighted by Crippen LogP contribution is -1.90. The Bertz CT molecular complexity index is 2700. The van der Waals surface area contributed by atoms with Crippen LogP contribution in [0, 0.1) is 20.8 Å². The molecule has 5 heteroatoms. The van der Waals surface area contributed by atoms with E-state index in [0.717, 1.165) is 89.4 Å². The summed E-state index contributed by atoms with van der Waals surface area (Å²) in [6.07, 6.45) is 8.51. The first kappa shape index (κ1) is 31.3. The lowest BCUT2D eigenvalue weighted by Gasteiger charge is -2.08. The predicted molar refractivity (Wildman–Crippen MR) is 219 cm³/mol. The summed E-state index contributed by atoms with van der Waals surface area (Å²) in [4.78, 5) is 18.4. The van der Waals surface area contributed by atoms with Crippen molar-refractivity contribution in [2.24, 2.45) is 0 Å². The van der Waals surface area contributed by atoms with Crippen LogP contribution in [0.25, 0.3) is 90.9 Å². The molecular weight excluding hydrogens is 635 g/mol. The summed E-state index contributed by atoms with van der Waals surface area (Å²) >= 11 is 0. The fourth-order valence-electron chi connectivity index (χ4n) is 7.28. The van der Waals surface area contributed by atoms with Crippen molar-refractivity contribution in [1.82, 2.24) is 19.9 Å². The monoisotopic (exact) mass is 671 g/mol. The topological polar surface area (TPSA) is 83.4 Å². The number of nitrogens with two attached hydrogens (primary N) is 1. The Balaban J connectivity index is 1.47. The number of H-pyrrole nitrogens is 2. The van der Waals surface area contributed by atoms with E-state index < -0.39 is 0 Å². The molecule has 0 radical (unpaired) electrons. The Morgan fingerprint density at radius 3 is 1.04 bits per heavy atom. The maximum absolute atomic E-state index is 6.38. The molecule has 7 aromatic rings. The van der Waals surface area contributed by atoms with Crippen molar-refractivity contribution >= 4 is 52.1 Å². The zero-order chi connectivity index (χ0) is 35.3. The molecule has 0 unspecified atom stereocenters. The van der Waals surface area contributed by atoms with E-state index >= 15 is 0 Å². The molecule has 0 saturated heterocycles. The van der Waals surface area contributed by atoms with Gasteiger partial charge in [-0.15, -0.1) is 0 Å². The average Bonchev–Trinajstić information content (AvgIpc) is 3.98. The number of nitrogen functional groups attached to an aromatic ring is 1. The van der Waals surface area contributed by atoms with E-state index in [9.17, 15) is 0 Å². The van der Waals surface area contributed by atoms with Crippen LogP contribution in [0.5, 0.6) is 0 Å². The van der Waals surface area contributed by atoms with Crippen LogP contribution in [0.2, 0.25) is 0 Å². The maximum atomic E-state index is 6.38. The van der Waals surface area contributed by atoms with Crippen molar-refractivity contribution in [2.45, 2.75) is 20.8 Å². The van der Waals surface area contributed by atoms with Crippen molar-refractivity contribution in [3.63, 3.8) is 0 Å². The molecule has 0 amide bonds. The normalized spacial score (nSPS) is 12.1. The highest BCUT2D eigenvalue weighted by molar-refractivity contribution is 6.00. The molecule has 0 fully saturated rings. The van der Waals surface area contributed by atoms with Gasteiger partial charge in [0.15, 0.2) is 0 Å². The summed E-state index contributed by atoms with van der Waals surface area (Å²) in [5, 5.41) is 0. The van der Waals surface area contributed by atoms with Gasteiger partial charge in [-0.1, -0.05) is 102 Å². The minimum Gasteiger partial charge on any atom is -0.399 e. The molecule has 9 rings (SSSR count). The molecule has 2 aliphatic heterocycles. The Kier molecular flexibility index (Phi) is 7.55. The summed E-state index contributed by atoms with van der Waals surface area (Å²) in [5.74, 6) is 0. The fourth-order valence-corrected chi connectivity index (χ4v) is 7.28. The number of aromatic nitrogens is 4. The first-order chi connectivity index (χ1) is 25.4. The molecule has 0 atom stereocenters. The van der Waals surface area contributed by atoms with E-state index in [-0.39, 0.29) is 0 Å². The van der Waals surface area contributed by atoms with E-state index in [4.69, 9.17) is 15.7 Å². The Hall–Kier alpha value is -6.72. The number of fused-ring (bicyclic) bond motifs is 8. The average molecular weight is 672 g/mol. The molecule has 5 nitrogen and oxygen atoms in total. The number of aryl methyl sites for hydroxylation is 3. The van der Waals surface area contributed by atoms with E-state index in [2.05, 4.69) is 158 Å². The van der Waals surface area contributed by atoms with Crippen LogP contribution in [-0.2, 0) is 0 Å². The van der Waals surface area contributed by atoms with E-state index in [0.29, 0.717) is 5.69 Å². The highest BCUT2D eigenvalue weighted by atomic mass is 14.8. The molecule has 0 aliphatic carbocycles. The van der Waals surface area contributed by atoms with Crippen LogP contribution in [0.15, 0.2) is 121 Å². The van der Waals surface area contributed by atoms with Crippen molar-refractivity contribution in [2.75, 3.05) is 5.73 Å². The highest BCUT2D eigenvalue weighted by Gasteiger charge is 2.19. The molecule has 0 spiro atoms. The third kappa shape index (κ3) is 5.62. The second-order valence-corrected chi connectivity index (χ2v) is 13.7. The van der Waals surface area contributed by atoms with Gasteiger partial charge >= 0.3 is 0 Å². The summed E-state index contributed by atoms with van der Waals surface area (Å²) < 4.78 is 0. The van der Waals surface area contributed by atoms with Crippen LogP contribution in [0.1, 0.15) is 39.5 Å². The Morgan fingerprint density at radius 2 is 0.712 bits per heavy atom. The Labute approximate surface area is 302 Å². The first-order valence-corrected chi connectivity index (χ1v) is 17.6. The second kappa shape index (κ2) is 12.6. The van der Waals surface area contributed by atoms with Crippen molar-refractivity contribution in [1.29, 1.82) is 0 Å². The number of rotatable bonds is 4. The number of nitrogens with zero attached hydrogens (tertiary/aromatic N) is 2. The van der Waals surface area contributed by atoms with Crippen molar-refractivity contribution in [3.05, 3.63) is 161 Å². The molecule has 0 saturated carbocycles. The SMILES string of the molecule is Cc1ccc(-c2c3nc(c(-c4ccc(C)cc4)c4ccc([nH]4)c(-c4cccc(N)c4)c4nc(c(-c5ccc(C)cc5)c5ccc2[nH]5)C=C4)C=C3)cc1. The Morgan fingerprint density at radius 1 is 0.385 bits per heavy atom.